The fraction of sp³-hybridized carbons (Fsp3) is 0.667. The maximum Gasteiger partial charge on any atom is 0.0369 e. The number of rotatable bonds is 1. The van der Waals surface area contributed by atoms with Crippen LogP contribution in [0.25, 0.3) is 0 Å². The molecule has 3 atom stereocenters. The lowest BCUT2D eigenvalue weighted by Crippen LogP contribution is -2.41. The van der Waals surface area contributed by atoms with Crippen LogP contribution >= 0.6 is 0 Å². The third kappa shape index (κ3) is 2.14. The predicted molar refractivity (Wildman–Crippen MR) is 84.0 cm³/mol. The maximum atomic E-state index is 6.15. The van der Waals surface area contributed by atoms with Crippen LogP contribution < -0.4 is 10.6 Å². The molecule has 1 aromatic carbocycles. The van der Waals surface area contributed by atoms with E-state index in [0.29, 0.717) is 0 Å². The molecule has 4 rings (SSSR count). The first-order valence-corrected chi connectivity index (χ1v) is 8.44. The van der Waals surface area contributed by atoms with Crippen LogP contribution in [0.3, 0.4) is 0 Å². The molecule has 20 heavy (non-hydrogen) atoms. The van der Waals surface area contributed by atoms with E-state index in [4.69, 9.17) is 5.73 Å². The molecule has 2 N–H and O–H groups in total. The van der Waals surface area contributed by atoms with Crippen molar-refractivity contribution in [1.29, 1.82) is 0 Å². The minimum Gasteiger partial charge on any atom is -0.371 e. The Morgan fingerprint density at radius 1 is 1.00 bits per heavy atom. The lowest BCUT2D eigenvalue weighted by Gasteiger charge is -2.42. The van der Waals surface area contributed by atoms with E-state index >= 15 is 0 Å². The van der Waals surface area contributed by atoms with E-state index in [9.17, 15) is 0 Å². The zero-order valence-corrected chi connectivity index (χ0v) is 12.4. The van der Waals surface area contributed by atoms with Crippen LogP contribution in [0.15, 0.2) is 18.2 Å². The Bertz CT molecular complexity index is 496. The van der Waals surface area contributed by atoms with Gasteiger partial charge in [0.25, 0.3) is 0 Å². The number of benzene rings is 1. The van der Waals surface area contributed by atoms with Crippen LogP contribution in [0.1, 0.15) is 55.7 Å². The van der Waals surface area contributed by atoms with Gasteiger partial charge in [-0.15, -0.1) is 0 Å². The minimum absolute atomic E-state index is 0.281. The molecule has 2 nitrogen and oxygen atoms in total. The van der Waals surface area contributed by atoms with Crippen LogP contribution in [0.5, 0.6) is 0 Å². The monoisotopic (exact) mass is 270 g/mol. The highest BCUT2D eigenvalue weighted by Crippen LogP contribution is 2.39. The number of fused-ring (bicyclic) bond motifs is 2. The highest BCUT2D eigenvalue weighted by molar-refractivity contribution is 5.53. The molecule has 1 saturated carbocycles. The molecule has 3 aliphatic rings. The van der Waals surface area contributed by atoms with Crippen molar-refractivity contribution in [3.8, 4) is 0 Å². The molecule has 2 aliphatic carbocycles. The summed E-state index contributed by atoms with van der Waals surface area (Å²) in [6.45, 7) is 2.54. The van der Waals surface area contributed by atoms with Crippen molar-refractivity contribution in [3.05, 3.63) is 29.3 Å². The van der Waals surface area contributed by atoms with Gasteiger partial charge < -0.3 is 10.6 Å². The van der Waals surface area contributed by atoms with E-state index in [1.165, 1.54) is 68.4 Å². The Kier molecular flexibility index (Phi) is 3.22. The molecule has 0 amide bonds. The number of nitrogens with zero attached hydrogens (tertiary/aromatic N) is 1. The van der Waals surface area contributed by atoms with Crippen LogP contribution in [0, 0.1) is 11.8 Å². The number of nitrogens with two attached hydrogens (primary N) is 1. The van der Waals surface area contributed by atoms with Crippen LogP contribution in [0.4, 0.5) is 5.69 Å². The van der Waals surface area contributed by atoms with Crippen molar-refractivity contribution >= 4 is 5.69 Å². The molecule has 0 aromatic heterocycles. The van der Waals surface area contributed by atoms with E-state index in [1.54, 1.807) is 0 Å². The molecule has 0 radical (unpaired) electrons. The lowest BCUT2D eigenvalue weighted by atomic mass is 9.75. The van der Waals surface area contributed by atoms with Gasteiger partial charge in [0.2, 0.25) is 0 Å². The molecule has 0 bridgehead atoms. The molecular weight excluding hydrogens is 244 g/mol. The number of piperidine rings is 1. The van der Waals surface area contributed by atoms with Crippen molar-refractivity contribution in [1.82, 2.24) is 0 Å². The van der Waals surface area contributed by atoms with Crippen molar-refractivity contribution in [2.45, 2.75) is 51.0 Å². The number of hydrogen-bond acceptors (Lipinski definition) is 2. The smallest absolute Gasteiger partial charge is 0.0369 e. The van der Waals surface area contributed by atoms with Gasteiger partial charge in [-0.3, -0.25) is 0 Å². The maximum absolute atomic E-state index is 6.15. The minimum atomic E-state index is 0.281. The van der Waals surface area contributed by atoms with Crippen LogP contribution in [0.2, 0.25) is 0 Å². The fourth-order valence-electron chi connectivity index (χ4n) is 4.67. The Morgan fingerprint density at radius 2 is 1.85 bits per heavy atom. The molecule has 2 fully saturated rings. The summed E-state index contributed by atoms with van der Waals surface area (Å²) in [6, 6.07) is 7.30. The summed E-state index contributed by atoms with van der Waals surface area (Å²) >= 11 is 0. The van der Waals surface area contributed by atoms with Gasteiger partial charge >= 0.3 is 0 Å². The molecule has 1 aromatic rings. The van der Waals surface area contributed by atoms with Gasteiger partial charge in [-0.2, -0.15) is 0 Å². The topological polar surface area (TPSA) is 29.3 Å². The van der Waals surface area contributed by atoms with Crippen molar-refractivity contribution in [2.24, 2.45) is 17.6 Å². The number of anilines is 1. The second-order valence-corrected chi connectivity index (χ2v) is 7.07. The first-order valence-electron chi connectivity index (χ1n) is 8.44. The van der Waals surface area contributed by atoms with E-state index in [2.05, 4.69) is 23.1 Å². The normalized spacial score (nSPS) is 32.9. The largest absolute Gasteiger partial charge is 0.371 e. The summed E-state index contributed by atoms with van der Waals surface area (Å²) in [5.74, 6) is 1.97. The van der Waals surface area contributed by atoms with Crippen LogP contribution in [-0.4, -0.2) is 13.1 Å². The average Bonchev–Trinajstić information content (AvgIpc) is 2.88. The Morgan fingerprint density at radius 3 is 2.75 bits per heavy atom. The Hall–Kier alpha value is -1.02. The predicted octanol–water partition coefficient (Wildman–Crippen LogP) is 3.65. The van der Waals surface area contributed by atoms with E-state index in [-0.39, 0.29) is 6.04 Å². The zero-order chi connectivity index (χ0) is 13.5. The first kappa shape index (κ1) is 12.7. The standard InChI is InChI=1S/C18H26N2/c19-18-8-5-14-11-16(6-7-17(14)18)20-10-9-13-3-1-2-4-15(13)12-20/h6-7,11,13,15,18H,1-5,8-10,12,19H2/t13-,15+,18?/m0/s1. The Labute approximate surface area is 122 Å². The molecule has 2 heteroatoms. The van der Waals surface area contributed by atoms with Gasteiger partial charge in [0.15, 0.2) is 0 Å². The molecular formula is C18H26N2. The summed E-state index contributed by atoms with van der Waals surface area (Å²) in [7, 11) is 0. The quantitative estimate of drug-likeness (QED) is 0.844. The van der Waals surface area contributed by atoms with E-state index in [1.807, 2.05) is 0 Å². The highest BCUT2D eigenvalue weighted by Gasteiger charge is 2.31. The van der Waals surface area contributed by atoms with Crippen molar-refractivity contribution < 1.29 is 0 Å². The summed E-state index contributed by atoms with van der Waals surface area (Å²) in [5, 5.41) is 0. The first-order chi connectivity index (χ1) is 9.81. The van der Waals surface area contributed by atoms with Crippen molar-refractivity contribution in [3.63, 3.8) is 0 Å². The second-order valence-electron chi connectivity index (χ2n) is 7.07. The van der Waals surface area contributed by atoms with Gasteiger partial charge in [-0.05, 0) is 60.8 Å². The third-order valence-corrected chi connectivity index (χ3v) is 5.91. The number of hydrogen-bond donors (Lipinski definition) is 1. The molecule has 1 heterocycles. The zero-order valence-electron chi connectivity index (χ0n) is 12.4. The summed E-state index contributed by atoms with van der Waals surface area (Å²) in [5.41, 5.74) is 10.5. The average molecular weight is 270 g/mol. The van der Waals surface area contributed by atoms with Crippen LogP contribution in [-0.2, 0) is 6.42 Å². The Balaban J connectivity index is 1.53. The van der Waals surface area contributed by atoms with Crippen molar-refractivity contribution in [2.75, 3.05) is 18.0 Å². The fourth-order valence-corrected chi connectivity index (χ4v) is 4.67. The molecule has 1 saturated heterocycles. The van der Waals surface area contributed by atoms with E-state index in [0.717, 1.165) is 18.3 Å². The van der Waals surface area contributed by atoms with Gasteiger partial charge in [0.1, 0.15) is 0 Å². The molecule has 1 aliphatic heterocycles. The molecule has 0 spiro atoms. The van der Waals surface area contributed by atoms with Gasteiger partial charge in [-0.25, -0.2) is 0 Å². The van der Waals surface area contributed by atoms with Gasteiger partial charge in [-0.1, -0.05) is 25.3 Å². The van der Waals surface area contributed by atoms with Gasteiger partial charge in [0.05, 0.1) is 0 Å². The summed E-state index contributed by atoms with van der Waals surface area (Å²) in [6.07, 6.45) is 9.56. The molecule has 108 valence electrons. The third-order valence-electron chi connectivity index (χ3n) is 5.91. The summed E-state index contributed by atoms with van der Waals surface area (Å²) < 4.78 is 0. The van der Waals surface area contributed by atoms with E-state index < -0.39 is 0 Å². The second kappa shape index (κ2) is 5.07. The lowest BCUT2D eigenvalue weighted by molar-refractivity contribution is 0.202. The van der Waals surface area contributed by atoms with Gasteiger partial charge in [0, 0.05) is 24.8 Å². The highest BCUT2D eigenvalue weighted by atomic mass is 15.1. The number of aryl methyl sites for hydroxylation is 1. The molecule has 1 unspecified atom stereocenters. The summed E-state index contributed by atoms with van der Waals surface area (Å²) in [4.78, 5) is 2.64. The SMILES string of the molecule is NC1CCc2cc(N3CC[C@@H]4CCCC[C@@H]4C3)ccc21.